The van der Waals surface area contributed by atoms with Crippen molar-refractivity contribution in [1.29, 1.82) is 0 Å². The fourth-order valence-electron chi connectivity index (χ4n) is 9.65. The van der Waals surface area contributed by atoms with Crippen molar-refractivity contribution in [1.82, 2.24) is 19.4 Å². The summed E-state index contributed by atoms with van der Waals surface area (Å²) in [6.07, 6.45) is 0.569. The summed E-state index contributed by atoms with van der Waals surface area (Å²) < 4.78 is 40.8. The molecule has 0 aromatic heterocycles. The third kappa shape index (κ3) is 15.5. The van der Waals surface area contributed by atoms with Gasteiger partial charge in [-0.15, -0.1) is 0 Å². The Hall–Kier alpha value is -4.02. The number of hydrogen-bond acceptors (Lipinski definition) is 11. The van der Waals surface area contributed by atoms with Crippen molar-refractivity contribution < 1.29 is 41.9 Å². The molecule has 0 aliphatic carbocycles. The first kappa shape index (κ1) is 55.3. The average molecular weight is 926 g/mol. The molecule has 1 aliphatic rings. The second kappa shape index (κ2) is 25.8. The van der Waals surface area contributed by atoms with E-state index in [-0.39, 0.29) is 72.9 Å². The summed E-state index contributed by atoms with van der Waals surface area (Å²) in [4.78, 5) is 75.9. The highest BCUT2D eigenvalue weighted by atomic mass is 32.2. The summed E-state index contributed by atoms with van der Waals surface area (Å²) in [5.41, 5.74) is 7.79. The van der Waals surface area contributed by atoms with Crippen LogP contribution >= 0.6 is 0 Å². The number of hydrogen-bond donors (Lipinski definition) is 2. The number of Topliss-reactive ketones (excluding diaryl/α,β-unsaturated/α-hetero) is 2. The molecule has 3 N–H and O–H groups in total. The number of ether oxygens (including phenoxy) is 2. The molecule has 2 aromatic carbocycles. The number of rotatable bonds is 27. The molecule has 0 bridgehead atoms. The molecule has 0 saturated carbocycles. The molecule has 0 radical (unpaired) electrons. The zero-order valence-electron chi connectivity index (χ0n) is 41.1. The highest BCUT2D eigenvalue weighted by Crippen LogP contribution is 2.32. The van der Waals surface area contributed by atoms with Crippen LogP contribution in [0, 0.1) is 35.5 Å². The molecule has 14 nitrogen and oxygen atoms in total. The maximum absolute atomic E-state index is 14.4. The Morgan fingerprint density at radius 1 is 0.815 bits per heavy atom. The van der Waals surface area contributed by atoms with Crippen LogP contribution in [0.3, 0.4) is 0 Å². The smallest absolute Gasteiger partial charge is 0.239 e. The van der Waals surface area contributed by atoms with Crippen LogP contribution in [0.4, 0.5) is 0 Å². The predicted octanol–water partition coefficient (Wildman–Crippen LogP) is 5.65. The van der Waals surface area contributed by atoms with E-state index in [1.54, 1.807) is 55.1 Å². The number of carbonyl (C=O) groups is 5. The van der Waals surface area contributed by atoms with E-state index in [0.717, 1.165) is 11.1 Å². The molecule has 1 saturated heterocycles. The van der Waals surface area contributed by atoms with Crippen LogP contribution in [0.25, 0.3) is 0 Å². The van der Waals surface area contributed by atoms with Crippen molar-refractivity contribution in [2.45, 2.75) is 136 Å². The van der Waals surface area contributed by atoms with E-state index in [1.165, 1.54) is 7.11 Å². The topological polar surface area (TPSA) is 186 Å². The van der Waals surface area contributed by atoms with Gasteiger partial charge in [-0.3, -0.25) is 33.6 Å². The fourth-order valence-corrected chi connectivity index (χ4v) is 10.8. The van der Waals surface area contributed by atoms with E-state index in [1.807, 2.05) is 90.9 Å². The third-order valence-electron chi connectivity index (χ3n) is 13.4. The number of sulfonamides is 1. The van der Waals surface area contributed by atoms with Gasteiger partial charge in [0.05, 0.1) is 42.5 Å². The number of nitrogens with one attached hydrogen (secondary N) is 1. The molecule has 3 rings (SSSR count). The lowest BCUT2D eigenvalue weighted by Crippen LogP contribution is -2.54. The summed E-state index contributed by atoms with van der Waals surface area (Å²) in [5.74, 6) is -4.21. The Balaban J connectivity index is 1.82. The third-order valence-corrected chi connectivity index (χ3v) is 14.7. The number of nitrogens with zero attached hydrogens (tertiary/aromatic N) is 3. The molecule has 2 aromatic rings. The van der Waals surface area contributed by atoms with E-state index in [0.29, 0.717) is 37.9 Å². The van der Waals surface area contributed by atoms with Crippen LogP contribution in [0.1, 0.15) is 104 Å². The lowest BCUT2D eigenvalue weighted by atomic mass is 9.83. The van der Waals surface area contributed by atoms with Gasteiger partial charge in [-0.2, -0.15) is 0 Å². The van der Waals surface area contributed by atoms with Crippen LogP contribution in [-0.4, -0.2) is 125 Å². The first-order chi connectivity index (χ1) is 30.6. The number of methoxy groups -OCH3 is 2. The number of amides is 3. The standard InChI is InChI=1S/C50H79N5O9S/c1-13-34(6)47(54(10)50(60)40(32(2)3)28-43(57)46(33(4)5)53(8)9)44(63-11)29-45(58)55-25-17-20-41(55)48(64-12)35(7)42(56)27-39(26-36-18-15-14-16-19-36)49(59)52-65(61,62)31-38-23-21-37(30-51)22-24-38/h14-16,18-19,21-24,32-35,39-41,44,46-48H,13,17,20,25-31,51H2,1-12H3,(H,52,59)/t34-,35-,39+,40-,41-,44+,46-,47-,48+/m0/s1. The molecule has 0 unspecified atom stereocenters. The van der Waals surface area contributed by atoms with Gasteiger partial charge in [0, 0.05) is 65.0 Å². The highest BCUT2D eigenvalue weighted by Gasteiger charge is 2.43. The maximum Gasteiger partial charge on any atom is 0.239 e. The van der Waals surface area contributed by atoms with E-state index >= 15 is 0 Å². The minimum Gasteiger partial charge on any atom is -0.379 e. The quantitative estimate of drug-likeness (QED) is 0.113. The van der Waals surface area contributed by atoms with Gasteiger partial charge in [0.15, 0.2) is 5.78 Å². The van der Waals surface area contributed by atoms with Gasteiger partial charge in [-0.05, 0) is 67.8 Å². The SMILES string of the molecule is CC[C@H](C)[C@@H]([C@@H](CC(=O)N1CCC[C@H]1[C@H](OC)[C@@H](C)C(=O)C[C@@H](Cc1ccccc1)C(=O)NS(=O)(=O)Cc1ccc(CN)cc1)OC)N(C)C(=O)[C@@H](CC(=O)[C@H](C(C)C)N(C)C)C(C)C. The van der Waals surface area contributed by atoms with Crippen LogP contribution in [-0.2, 0) is 62.2 Å². The van der Waals surface area contributed by atoms with Crippen molar-refractivity contribution >= 4 is 39.3 Å². The second-order valence-corrected chi connectivity index (χ2v) is 20.8. The fraction of sp³-hybridized carbons (Fsp3) is 0.660. The van der Waals surface area contributed by atoms with Gasteiger partial charge in [-0.25, -0.2) is 8.42 Å². The molecule has 1 heterocycles. The summed E-state index contributed by atoms with van der Waals surface area (Å²) in [7, 11) is 4.45. The average Bonchev–Trinajstić information content (AvgIpc) is 3.74. The van der Waals surface area contributed by atoms with E-state index in [4.69, 9.17) is 15.2 Å². The number of likely N-dealkylation sites (tertiary alicyclic amines) is 1. The van der Waals surface area contributed by atoms with Crippen LogP contribution in [0.15, 0.2) is 54.6 Å². The molecule has 1 aliphatic heterocycles. The summed E-state index contributed by atoms with van der Waals surface area (Å²) in [6, 6.07) is 14.7. The zero-order valence-corrected chi connectivity index (χ0v) is 41.9. The molecule has 364 valence electrons. The molecular weight excluding hydrogens is 847 g/mol. The summed E-state index contributed by atoms with van der Waals surface area (Å²) >= 11 is 0. The van der Waals surface area contributed by atoms with Crippen molar-refractivity contribution in [2.24, 2.45) is 41.2 Å². The van der Waals surface area contributed by atoms with Crippen molar-refractivity contribution in [3.8, 4) is 0 Å². The van der Waals surface area contributed by atoms with Crippen LogP contribution < -0.4 is 10.5 Å². The first-order valence-electron chi connectivity index (χ1n) is 23.3. The summed E-state index contributed by atoms with van der Waals surface area (Å²) in [5, 5.41) is 0. The number of likely N-dealkylation sites (N-methyl/N-ethyl adjacent to an activating group) is 2. The second-order valence-electron chi connectivity index (χ2n) is 19.1. The minimum absolute atomic E-state index is 0.0217. The van der Waals surface area contributed by atoms with Gasteiger partial charge in [0.1, 0.15) is 5.78 Å². The van der Waals surface area contributed by atoms with Gasteiger partial charge >= 0.3 is 0 Å². The number of carbonyl (C=O) groups excluding carboxylic acids is 5. The largest absolute Gasteiger partial charge is 0.379 e. The Kier molecular flexibility index (Phi) is 21.9. The maximum atomic E-state index is 14.4. The normalized spacial score (nSPS) is 18.2. The lowest BCUT2D eigenvalue weighted by molar-refractivity contribution is -0.149. The van der Waals surface area contributed by atoms with Crippen molar-refractivity contribution in [3.05, 3.63) is 71.3 Å². The monoisotopic (exact) mass is 926 g/mol. The molecule has 15 heteroatoms. The van der Waals surface area contributed by atoms with Gasteiger partial charge in [-0.1, -0.05) is 109 Å². The first-order valence-corrected chi connectivity index (χ1v) is 25.0. The predicted molar refractivity (Wildman–Crippen MR) is 255 cm³/mol. The van der Waals surface area contributed by atoms with Crippen LogP contribution in [0.2, 0.25) is 0 Å². The molecular formula is C50H79N5O9S. The van der Waals surface area contributed by atoms with Crippen LogP contribution in [0.5, 0.6) is 0 Å². The molecule has 1 fully saturated rings. The van der Waals surface area contributed by atoms with Gasteiger partial charge in [0.25, 0.3) is 0 Å². The highest BCUT2D eigenvalue weighted by molar-refractivity contribution is 7.89. The van der Waals surface area contributed by atoms with Gasteiger partial charge < -0.3 is 25.0 Å². The Morgan fingerprint density at radius 3 is 1.95 bits per heavy atom. The molecule has 65 heavy (non-hydrogen) atoms. The Bertz CT molecular complexity index is 1950. The Labute approximate surface area is 389 Å². The molecule has 3 amide bonds. The van der Waals surface area contributed by atoms with E-state index < -0.39 is 63.7 Å². The van der Waals surface area contributed by atoms with E-state index in [2.05, 4.69) is 4.72 Å². The lowest BCUT2D eigenvalue weighted by Gasteiger charge is -2.41. The zero-order chi connectivity index (χ0) is 48.8. The molecule has 0 spiro atoms. The number of benzene rings is 2. The summed E-state index contributed by atoms with van der Waals surface area (Å²) in [6.45, 7) is 14.5. The van der Waals surface area contributed by atoms with E-state index in [9.17, 15) is 32.4 Å². The number of ketones is 2. The Morgan fingerprint density at radius 2 is 1.43 bits per heavy atom. The van der Waals surface area contributed by atoms with Crippen molar-refractivity contribution in [2.75, 3.05) is 41.9 Å². The van der Waals surface area contributed by atoms with Crippen molar-refractivity contribution in [3.63, 3.8) is 0 Å². The number of nitrogens with two attached hydrogens (primary N) is 1. The minimum atomic E-state index is -4.11. The molecule has 9 atom stereocenters. The van der Waals surface area contributed by atoms with Gasteiger partial charge in [0.2, 0.25) is 27.7 Å².